The number of carbonyl (C=O) groups is 1. The first-order valence-electron chi connectivity index (χ1n) is 6.51. The first-order chi connectivity index (χ1) is 10.6. The van der Waals surface area contributed by atoms with Crippen LogP contribution < -0.4 is 4.72 Å². The van der Waals surface area contributed by atoms with Crippen LogP contribution in [0.3, 0.4) is 0 Å². The Bertz CT molecular complexity index is 785. The summed E-state index contributed by atoms with van der Waals surface area (Å²) in [6.45, 7) is 1.09. The highest BCUT2D eigenvalue weighted by Crippen LogP contribution is 2.39. The van der Waals surface area contributed by atoms with Gasteiger partial charge in [-0.15, -0.1) is 12.4 Å². The third kappa shape index (κ3) is 3.80. The van der Waals surface area contributed by atoms with Crippen LogP contribution in [0, 0.1) is 0 Å². The molecule has 1 saturated heterocycles. The molecule has 0 aliphatic carbocycles. The first kappa shape index (κ1) is 21.0. The van der Waals surface area contributed by atoms with Crippen LogP contribution in [0.5, 0.6) is 0 Å². The highest BCUT2D eigenvalue weighted by atomic mass is 35.5. The summed E-state index contributed by atoms with van der Waals surface area (Å²) in [6, 6.07) is 4.19. The second-order valence-corrected chi connectivity index (χ2v) is 7.98. The SMILES string of the molecule is CN=C1SCC(O)(c2ccc(Cl)c(S(=O)(=O)NC(C)=O)c2)N1C.Cl. The fourth-order valence-electron chi connectivity index (χ4n) is 2.21. The number of nitrogens with one attached hydrogen (secondary N) is 1. The van der Waals surface area contributed by atoms with E-state index >= 15 is 0 Å². The lowest BCUT2D eigenvalue weighted by Crippen LogP contribution is -2.42. The minimum absolute atomic E-state index is 0. The summed E-state index contributed by atoms with van der Waals surface area (Å²) >= 11 is 7.31. The number of halogens is 2. The van der Waals surface area contributed by atoms with Gasteiger partial charge in [-0.25, -0.2) is 13.1 Å². The van der Waals surface area contributed by atoms with Gasteiger partial charge in [0.25, 0.3) is 10.0 Å². The molecule has 0 saturated carbocycles. The van der Waals surface area contributed by atoms with E-state index in [4.69, 9.17) is 11.6 Å². The third-order valence-electron chi connectivity index (χ3n) is 3.40. The lowest BCUT2D eigenvalue weighted by atomic mass is 10.0. The molecule has 24 heavy (non-hydrogen) atoms. The van der Waals surface area contributed by atoms with Crippen LogP contribution in [-0.2, 0) is 20.5 Å². The van der Waals surface area contributed by atoms with E-state index in [-0.39, 0.29) is 28.1 Å². The Morgan fingerprint density at radius 1 is 1.50 bits per heavy atom. The standard InChI is InChI=1S/C13H16ClN3O4S2.ClH/c1-8(18)16-23(20,21)11-6-9(4-5-10(11)14)13(19)7-22-12(15-2)17(13)3;/h4-6,19H,7H2,1-3H3,(H,16,18);1H. The van der Waals surface area contributed by atoms with E-state index < -0.39 is 21.7 Å². The van der Waals surface area contributed by atoms with Crippen LogP contribution in [0.2, 0.25) is 5.02 Å². The molecule has 0 radical (unpaired) electrons. The lowest BCUT2D eigenvalue weighted by Gasteiger charge is -2.31. The zero-order valence-corrected chi connectivity index (χ0v) is 16.3. The van der Waals surface area contributed by atoms with Gasteiger partial charge in [0.05, 0.1) is 10.8 Å². The van der Waals surface area contributed by atoms with E-state index in [1.807, 2.05) is 4.72 Å². The molecule has 2 rings (SSSR count). The van der Waals surface area contributed by atoms with Crippen molar-refractivity contribution in [2.24, 2.45) is 4.99 Å². The summed E-state index contributed by atoms with van der Waals surface area (Å²) in [4.78, 5) is 16.4. The number of aliphatic hydroxyl groups is 1. The minimum Gasteiger partial charge on any atom is -0.366 e. The van der Waals surface area contributed by atoms with E-state index in [0.717, 1.165) is 6.92 Å². The monoisotopic (exact) mass is 413 g/mol. The van der Waals surface area contributed by atoms with Crippen molar-refractivity contribution in [3.8, 4) is 0 Å². The Labute approximate surface area is 155 Å². The van der Waals surface area contributed by atoms with Crippen molar-refractivity contribution >= 4 is 56.9 Å². The molecule has 134 valence electrons. The van der Waals surface area contributed by atoms with E-state index in [2.05, 4.69) is 4.99 Å². The smallest absolute Gasteiger partial charge is 0.265 e. The number of hydrogen-bond donors (Lipinski definition) is 2. The number of thioether (sulfide) groups is 1. The largest absolute Gasteiger partial charge is 0.366 e. The molecular weight excluding hydrogens is 397 g/mol. The summed E-state index contributed by atoms with van der Waals surface area (Å²) in [5.41, 5.74) is -1.07. The van der Waals surface area contributed by atoms with Gasteiger partial charge >= 0.3 is 0 Å². The topological polar surface area (TPSA) is 99.1 Å². The first-order valence-corrected chi connectivity index (χ1v) is 9.35. The maximum absolute atomic E-state index is 12.2. The molecule has 0 spiro atoms. The number of benzene rings is 1. The number of aliphatic imine (C=N–C) groups is 1. The molecule has 1 aromatic carbocycles. The predicted octanol–water partition coefficient (Wildman–Crippen LogP) is 1.40. The number of sulfonamides is 1. The van der Waals surface area contributed by atoms with Gasteiger partial charge in [-0.05, 0) is 12.1 Å². The molecule has 11 heteroatoms. The van der Waals surface area contributed by atoms with Gasteiger partial charge in [0, 0.05) is 26.6 Å². The Morgan fingerprint density at radius 2 is 2.12 bits per heavy atom. The van der Waals surface area contributed by atoms with E-state index in [9.17, 15) is 18.3 Å². The Morgan fingerprint density at radius 3 is 2.62 bits per heavy atom. The van der Waals surface area contributed by atoms with Gasteiger partial charge in [0.1, 0.15) is 4.90 Å². The average Bonchev–Trinajstić information content (AvgIpc) is 2.74. The van der Waals surface area contributed by atoms with Gasteiger partial charge in [0.2, 0.25) is 5.91 Å². The molecule has 7 nitrogen and oxygen atoms in total. The van der Waals surface area contributed by atoms with Crippen molar-refractivity contribution in [3.05, 3.63) is 28.8 Å². The predicted molar refractivity (Wildman–Crippen MR) is 97.2 cm³/mol. The lowest BCUT2D eigenvalue weighted by molar-refractivity contribution is -0.117. The van der Waals surface area contributed by atoms with Crippen molar-refractivity contribution in [2.75, 3.05) is 19.8 Å². The highest BCUT2D eigenvalue weighted by Gasteiger charge is 2.43. The number of amides is 1. The van der Waals surface area contributed by atoms with E-state index in [1.165, 1.54) is 23.9 Å². The summed E-state index contributed by atoms with van der Waals surface area (Å²) in [5.74, 6) is -0.434. The highest BCUT2D eigenvalue weighted by molar-refractivity contribution is 8.14. The average molecular weight is 414 g/mol. The molecule has 1 amide bonds. The number of amidine groups is 1. The number of nitrogens with zero attached hydrogens (tertiary/aromatic N) is 2. The van der Waals surface area contributed by atoms with E-state index in [0.29, 0.717) is 10.7 Å². The molecule has 0 bridgehead atoms. The van der Waals surface area contributed by atoms with Crippen LogP contribution in [0.4, 0.5) is 0 Å². The summed E-state index contributed by atoms with van der Waals surface area (Å²) in [7, 11) is -0.828. The number of hydrogen-bond acceptors (Lipinski definition) is 6. The van der Waals surface area contributed by atoms with Crippen LogP contribution >= 0.6 is 35.8 Å². The molecular formula is C13H17Cl2N3O4S2. The van der Waals surface area contributed by atoms with Crippen molar-refractivity contribution in [1.29, 1.82) is 0 Å². The van der Waals surface area contributed by atoms with Crippen LogP contribution in [0.25, 0.3) is 0 Å². The van der Waals surface area contributed by atoms with Gasteiger partial charge < -0.3 is 10.0 Å². The molecule has 1 unspecified atom stereocenters. The Balaban J connectivity index is 0.00000288. The zero-order chi connectivity index (χ0) is 17.4. The summed E-state index contributed by atoms with van der Waals surface area (Å²) in [6.07, 6.45) is 0. The molecule has 0 aromatic heterocycles. The molecule has 1 aliphatic rings. The molecule has 2 N–H and O–H groups in total. The van der Waals surface area contributed by atoms with Gasteiger partial charge in [-0.3, -0.25) is 9.79 Å². The quantitative estimate of drug-likeness (QED) is 0.776. The fraction of sp³-hybridized carbons (Fsp3) is 0.385. The fourth-order valence-corrected chi connectivity index (χ4v) is 4.89. The van der Waals surface area contributed by atoms with Gasteiger partial charge in [0.15, 0.2) is 10.9 Å². The molecule has 1 heterocycles. The second kappa shape index (κ2) is 7.49. The molecule has 1 atom stereocenters. The maximum Gasteiger partial charge on any atom is 0.265 e. The van der Waals surface area contributed by atoms with Gasteiger partial charge in [-0.1, -0.05) is 29.4 Å². The van der Waals surface area contributed by atoms with Crippen LogP contribution in [-0.4, -0.2) is 49.3 Å². The maximum atomic E-state index is 12.2. The summed E-state index contributed by atoms with van der Waals surface area (Å²) < 4.78 is 26.3. The Kier molecular flexibility index (Phi) is 6.56. The van der Waals surface area contributed by atoms with Crippen LogP contribution in [0.15, 0.2) is 28.1 Å². The van der Waals surface area contributed by atoms with Crippen molar-refractivity contribution in [1.82, 2.24) is 9.62 Å². The normalized spacial score (nSPS) is 22.4. The minimum atomic E-state index is -4.10. The second-order valence-electron chi connectivity index (χ2n) is 4.98. The zero-order valence-electron chi connectivity index (χ0n) is 13.1. The summed E-state index contributed by atoms with van der Waals surface area (Å²) in [5, 5.41) is 11.5. The van der Waals surface area contributed by atoms with Gasteiger partial charge in [-0.2, -0.15) is 0 Å². The van der Waals surface area contributed by atoms with Crippen molar-refractivity contribution < 1.29 is 18.3 Å². The molecule has 1 aliphatic heterocycles. The Hall–Kier alpha value is -1.00. The third-order valence-corrected chi connectivity index (χ3v) is 6.57. The number of rotatable bonds is 3. The molecule has 1 fully saturated rings. The molecule has 1 aromatic rings. The van der Waals surface area contributed by atoms with Crippen molar-refractivity contribution in [3.63, 3.8) is 0 Å². The van der Waals surface area contributed by atoms with Crippen LogP contribution in [0.1, 0.15) is 12.5 Å². The van der Waals surface area contributed by atoms with Crippen molar-refractivity contribution in [2.45, 2.75) is 17.5 Å². The number of carbonyl (C=O) groups excluding carboxylic acids is 1. The van der Waals surface area contributed by atoms with E-state index in [1.54, 1.807) is 25.1 Å².